The number of fused-ring (bicyclic) bond motifs is 1. The molecule has 0 aliphatic rings. The summed E-state index contributed by atoms with van der Waals surface area (Å²) in [6.07, 6.45) is 0. The normalized spacial score (nSPS) is 11.0. The summed E-state index contributed by atoms with van der Waals surface area (Å²) in [5, 5.41) is 4.69. The van der Waals surface area contributed by atoms with Crippen LogP contribution in [-0.2, 0) is 6.54 Å². The lowest BCUT2D eigenvalue weighted by Gasteiger charge is -2.10. The van der Waals surface area contributed by atoms with E-state index in [9.17, 15) is 4.79 Å². The fourth-order valence-corrected chi connectivity index (χ4v) is 3.12. The van der Waals surface area contributed by atoms with Gasteiger partial charge in [-0.05, 0) is 56.7 Å². The number of hydrogen-bond acceptors (Lipinski definition) is 1. The van der Waals surface area contributed by atoms with E-state index in [0.29, 0.717) is 10.7 Å². The van der Waals surface area contributed by atoms with Gasteiger partial charge in [-0.15, -0.1) is 0 Å². The smallest absolute Gasteiger partial charge is 0.272 e. The maximum Gasteiger partial charge on any atom is 0.272 e. The molecule has 0 aliphatic carbocycles. The average molecular weight is 327 g/mol. The minimum Gasteiger partial charge on any atom is -0.337 e. The van der Waals surface area contributed by atoms with E-state index in [1.165, 1.54) is 0 Å². The Labute approximate surface area is 140 Å². The van der Waals surface area contributed by atoms with Crippen LogP contribution >= 0.6 is 11.6 Å². The molecule has 3 nitrogen and oxygen atoms in total. The number of hydrogen-bond donors (Lipinski definition) is 1. The summed E-state index contributed by atoms with van der Waals surface area (Å²) in [4.78, 5) is 12.8. The summed E-state index contributed by atoms with van der Waals surface area (Å²) in [5.41, 5.74) is 4.63. The molecule has 23 heavy (non-hydrogen) atoms. The van der Waals surface area contributed by atoms with Gasteiger partial charge in [0, 0.05) is 28.2 Å². The Bertz CT molecular complexity index is 879. The van der Waals surface area contributed by atoms with Crippen molar-refractivity contribution in [3.8, 4) is 0 Å². The second kappa shape index (κ2) is 6.09. The highest BCUT2D eigenvalue weighted by Crippen LogP contribution is 2.29. The highest BCUT2D eigenvalue weighted by molar-refractivity contribution is 6.31. The number of carbonyl (C=O) groups excluding carboxylic acids is 1. The fourth-order valence-electron chi connectivity index (χ4n) is 2.94. The topological polar surface area (TPSA) is 34.0 Å². The highest BCUT2D eigenvalue weighted by Gasteiger charge is 2.19. The largest absolute Gasteiger partial charge is 0.337 e. The first-order valence-corrected chi connectivity index (χ1v) is 8.05. The van der Waals surface area contributed by atoms with Gasteiger partial charge in [0.05, 0.1) is 0 Å². The van der Waals surface area contributed by atoms with Gasteiger partial charge in [-0.3, -0.25) is 4.79 Å². The van der Waals surface area contributed by atoms with Crippen molar-refractivity contribution in [3.05, 3.63) is 64.3 Å². The molecule has 0 radical (unpaired) electrons. The van der Waals surface area contributed by atoms with E-state index >= 15 is 0 Å². The van der Waals surface area contributed by atoms with Gasteiger partial charge in [-0.25, -0.2) is 0 Å². The molecule has 1 heterocycles. The van der Waals surface area contributed by atoms with Crippen molar-refractivity contribution in [1.82, 2.24) is 4.57 Å². The second-order valence-electron chi connectivity index (χ2n) is 5.70. The molecule has 0 saturated heterocycles. The van der Waals surface area contributed by atoms with Gasteiger partial charge in [0.15, 0.2) is 0 Å². The first kappa shape index (κ1) is 15.6. The number of anilines is 1. The number of rotatable bonds is 3. The minimum absolute atomic E-state index is 0.0967. The van der Waals surface area contributed by atoms with E-state index in [1.807, 2.05) is 67.8 Å². The Kier molecular flexibility index (Phi) is 4.14. The third-order valence-corrected chi connectivity index (χ3v) is 4.35. The van der Waals surface area contributed by atoms with Crippen LogP contribution in [0.15, 0.2) is 42.5 Å². The van der Waals surface area contributed by atoms with Crippen molar-refractivity contribution < 1.29 is 4.79 Å². The molecule has 2 aromatic carbocycles. The van der Waals surface area contributed by atoms with E-state index in [-0.39, 0.29) is 5.91 Å². The molecule has 0 saturated carbocycles. The monoisotopic (exact) mass is 326 g/mol. The number of nitrogens with zero attached hydrogens (tertiary/aromatic N) is 1. The summed E-state index contributed by atoms with van der Waals surface area (Å²) >= 11 is 6.11. The van der Waals surface area contributed by atoms with Crippen LogP contribution in [0.1, 0.15) is 28.5 Å². The predicted octanol–water partition coefficient (Wildman–Crippen LogP) is 5.18. The Morgan fingerprint density at radius 2 is 1.83 bits per heavy atom. The number of carbonyl (C=O) groups is 1. The van der Waals surface area contributed by atoms with Gasteiger partial charge >= 0.3 is 0 Å². The van der Waals surface area contributed by atoms with Crippen LogP contribution in [0.2, 0.25) is 5.02 Å². The molecule has 0 atom stereocenters. The first-order chi connectivity index (χ1) is 11.0. The maximum atomic E-state index is 12.8. The number of halogens is 1. The van der Waals surface area contributed by atoms with Gasteiger partial charge in [0.1, 0.15) is 5.69 Å². The van der Waals surface area contributed by atoms with Crippen LogP contribution in [-0.4, -0.2) is 10.5 Å². The molecule has 1 amide bonds. The SMILES string of the molecule is CCn1c(C(=O)Nc2ccc(C)cc2)c(C)c2cc(Cl)ccc21. The summed E-state index contributed by atoms with van der Waals surface area (Å²) in [6, 6.07) is 13.5. The highest BCUT2D eigenvalue weighted by atomic mass is 35.5. The van der Waals surface area contributed by atoms with Crippen LogP contribution in [0, 0.1) is 13.8 Å². The zero-order valence-electron chi connectivity index (χ0n) is 13.5. The standard InChI is InChI=1S/C19H19ClN2O/c1-4-22-17-10-7-14(20)11-16(17)13(3)18(22)19(23)21-15-8-5-12(2)6-9-15/h5-11H,4H2,1-3H3,(H,21,23). The van der Waals surface area contributed by atoms with Gasteiger partial charge < -0.3 is 9.88 Å². The first-order valence-electron chi connectivity index (χ1n) is 7.67. The lowest BCUT2D eigenvalue weighted by molar-refractivity contribution is 0.101. The zero-order valence-corrected chi connectivity index (χ0v) is 14.2. The molecule has 0 fully saturated rings. The Balaban J connectivity index is 2.06. The molecule has 0 aliphatic heterocycles. The van der Waals surface area contributed by atoms with Gasteiger partial charge in [0.2, 0.25) is 0 Å². The van der Waals surface area contributed by atoms with Crippen molar-refractivity contribution in [3.63, 3.8) is 0 Å². The van der Waals surface area contributed by atoms with Crippen LogP contribution in [0.5, 0.6) is 0 Å². The van der Waals surface area contributed by atoms with Gasteiger partial charge in [0.25, 0.3) is 5.91 Å². The lowest BCUT2D eigenvalue weighted by Crippen LogP contribution is -2.17. The van der Waals surface area contributed by atoms with Gasteiger partial charge in [-0.1, -0.05) is 29.3 Å². The third-order valence-electron chi connectivity index (χ3n) is 4.12. The van der Waals surface area contributed by atoms with E-state index in [1.54, 1.807) is 0 Å². The quantitative estimate of drug-likeness (QED) is 0.706. The molecule has 3 rings (SSSR count). The maximum absolute atomic E-state index is 12.8. The number of aryl methyl sites for hydroxylation is 3. The Morgan fingerprint density at radius 1 is 1.13 bits per heavy atom. The molecule has 0 unspecified atom stereocenters. The second-order valence-corrected chi connectivity index (χ2v) is 6.14. The van der Waals surface area contributed by atoms with Gasteiger partial charge in [-0.2, -0.15) is 0 Å². The predicted molar refractivity (Wildman–Crippen MR) is 96.5 cm³/mol. The van der Waals surface area contributed by atoms with Crippen molar-refractivity contribution in [2.75, 3.05) is 5.32 Å². The van der Waals surface area contributed by atoms with Crippen LogP contribution in [0.3, 0.4) is 0 Å². The summed E-state index contributed by atoms with van der Waals surface area (Å²) in [7, 11) is 0. The van der Waals surface area contributed by atoms with E-state index in [0.717, 1.165) is 34.3 Å². The number of aromatic nitrogens is 1. The average Bonchev–Trinajstić information content (AvgIpc) is 2.81. The molecular formula is C19H19ClN2O. The van der Waals surface area contributed by atoms with E-state index in [2.05, 4.69) is 5.32 Å². The third kappa shape index (κ3) is 2.84. The number of benzene rings is 2. The number of nitrogens with one attached hydrogen (secondary N) is 1. The zero-order chi connectivity index (χ0) is 16.6. The molecule has 3 aromatic rings. The molecular weight excluding hydrogens is 308 g/mol. The lowest BCUT2D eigenvalue weighted by atomic mass is 10.1. The Morgan fingerprint density at radius 3 is 2.48 bits per heavy atom. The van der Waals surface area contributed by atoms with Crippen molar-refractivity contribution in [2.45, 2.75) is 27.3 Å². The van der Waals surface area contributed by atoms with E-state index in [4.69, 9.17) is 11.6 Å². The van der Waals surface area contributed by atoms with E-state index < -0.39 is 0 Å². The molecule has 118 valence electrons. The van der Waals surface area contributed by atoms with Crippen molar-refractivity contribution in [2.24, 2.45) is 0 Å². The molecule has 0 spiro atoms. The van der Waals surface area contributed by atoms with Crippen LogP contribution < -0.4 is 5.32 Å². The minimum atomic E-state index is -0.0967. The number of amides is 1. The van der Waals surface area contributed by atoms with Crippen LogP contribution in [0.4, 0.5) is 5.69 Å². The molecule has 0 bridgehead atoms. The summed E-state index contributed by atoms with van der Waals surface area (Å²) in [6.45, 7) is 6.75. The fraction of sp³-hybridized carbons (Fsp3) is 0.211. The molecule has 1 N–H and O–H groups in total. The molecule has 1 aromatic heterocycles. The van der Waals surface area contributed by atoms with Crippen molar-refractivity contribution >= 4 is 34.1 Å². The summed E-state index contributed by atoms with van der Waals surface area (Å²) in [5.74, 6) is -0.0967. The van der Waals surface area contributed by atoms with Crippen LogP contribution in [0.25, 0.3) is 10.9 Å². The molecule has 4 heteroatoms. The Hall–Kier alpha value is -2.26. The van der Waals surface area contributed by atoms with Crippen molar-refractivity contribution in [1.29, 1.82) is 0 Å². The summed E-state index contributed by atoms with van der Waals surface area (Å²) < 4.78 is 2.03.